The van der Waals surface area contributed by atoms with Gasteiger partial charge in [-0.15, -0.1) is 11.3 Å². The van der Waals surface area contributed by atoms with Gasteiger partial charge in [0.05, 0.1) is 16.7 Å². The van der Waals surface area contributed by atoms with Gasteiger partial charge in [-0.25, -0.2) is 4.98 Å². The number of pyridine rings is 1. The van der Waals surface area contributed by atoms with Gasteiger partial charge in [-0.05, 0) is 56.2 Å². The third-order valence-electron chi connectivity index (χ3n) is 4.79. The molecule has 0 aliphatic heterocycles. The number of imidazole rings is 1. The lowest BCUT2D eigenvalue weighted by Gasteiger charge is -2.08. The summed E-state index contributed by atoms with van der Waals surface area (Å²) >= 11 is 1.70. The van der Waals surface area contributed by atoms with Gasteiger partial charge in [0.1, 0.15) is 18.2 Å². The fourth-order valence-corrected chi connectivity index (χ4v) is 4.00. The lowest BCUT2D eigenvalue weighted by Crippen LogP contribution is -2.16. The van der Waals surface area contributed by atoms with E-state index in [0.29, 0.717) is 18.3 Å². The molecule has 5 rings (SSSR count). The Morgan fingerprint density at radius 3 is 2.85 bits per heavy atom. The molecular weight excluding hydrogens is 358 g/mol. The Morgan fingerprint density at radius 2 is 2.11 bits per heavy atom. The Morgan fingerprint density at radius 1 is 1.22 bits per heavy atom. The second-order valence-corrected chi connectivity index (χ2v) is 8.34. The van der Waals surface area contributed by atoms with Gasteiger partial charge in [0.15, 0.2) is 0 Å². The van der Waals surface area contributed by atoms with Crippen LogP contribution in [0.25, 0.3) is 16.7 Å². The molecule has 3 aromatic heterocycles. The molecule has 4 aromatic rings. The summed E-state index contributed by atoms with van der Waals surface area (Å²) in [6.45, 7) is 2.55. The molecule has 1 aromatic carbocycles. The molecule has 1 fully saturated rings. The maximum atomic E-state index is 12.6. The van der Waals surface area contributed by atoms with Crippen molar-refractivity contribution in [1.82, 2.24) is 14.5 Å². The quantitative estimate of drug-likeness (QED) is 0.555. The minimum atomic E-state index is -0.115. The molecule has 0 unspecified atom stereocenters. The predicted molar refractivity (Wildman–Crippen MR) is 107 cm³/mol. The molecule has 27 heavy (non-hydrogen) atoms. The second-order valence-electron chi connectivity index (χ2n) is 6.97. The number of fused-ring (bicyclic) bond motifs is 1. The predicted octanol–water partition coefficient (Wildman–Crippen LogP) is 4.54. The van der Waals surface area contributed by atoms with Gasteiger partial charge in [0, 0.05) is 27.9 Å². The van der Waals surface area contributed by atoms with Crippen molar-refractivity contribution < 1.29 is 4.74 Å². The van der Waals surface area contributed by atoms with Crippen LogP contribution in [0.15, 0.2) is 53.5 Å². The van der Waals surface area contributed by atoms with E-state index in [9.17, 15) is 4.79 Å². The van der Waals surface area contributed by atoms with Crippen LogP contribution in [0.1, 0.15) is 34.3 Å². The Balaban J connectivity index is 1.39. The normalized spacial score (nSPS) is 14.0. The molecule has 3 heterocycles. The van der Waals surface area contributed by atoms with Gasteiger partial charge in [-0.2, -0.15) is 0 Å². The topological polar surface area (TPSA) is 59.9 Å². The van der Waals surface area contributed by atoms with E-state index in [1.165, 1.54) is 23.8 Å². The molecule has 0 bridgehead atoms. The fraction of sp³-hybridized carbons (Fsp3) is 0.238. The summed E-state index contributed by atoms with van der Waals surface area (Å²) in [5.41, 5.74) is 2.62. The van der Waals surface area contributed by atoms with E-state index in [1.54, 1.807) is 22.1 Å². The number of H-pyrrole nitrogens is 1. The first-order valence-electron chi connectivity index (χ1n) is 9.06. The highest BCUT2D eigenvalue weighted by Crippen LogP contribution is 2.39. The minimum absolute atomic E-state index is 0.115. The first-order chi connectivity index (χ1) is 13.2. The lowest BCUT2D eigenvalue weighted by atomic mass is 10.2. The Labute approximate surface area is 160 Å². The highest BCUT2D eigenvalue weighted by molar-refractivity contribution is 7.11. The van der Waals surface area contributed by atoms with Crippen molar-refractivity contribution >= 4 is 22.4 Å². The highest BCUT2D eigenvalue weighted by Gasteiger charge is 2.26. The monoisotopic (exact) mass is 377 g/mol. The molecule has 0 atom stereocenters. The Bertz CT molecular complexity index is 1180. The Hall–Kier alpha value is -2.86. The Kier molecular flexibility index (Phi) is 3.86. The zero-order chi connectivity index (χ0) is 18.4. The number of thiophene rings is 1. The maximum absolute atomic E-state index is 12.6. The molecule has 5 nitrogen and oxygen atoms in total. The SMILES string of the molecule is Cc1ccc(COc2ccn(-c3ccc4nc(C5CC5)[nH]c4c3)c(=O)c2)s1. The third kappa shape index (κ3) is 3.28. The molecular formula is C21H19N3O2S. The van der Waals surface area contributed by atoms with Gasteiger partial charge in [-0.1, -0.05) is 0 Å². The smallest absolute Gasteiger partial charge is 0.258 e. The first kappa shape index (κ1) is 16.3. The van der Waals surface area contributed by atoms with Crippen molar-refractivity contribution in [3.05, 3.63) is 74.6 Å². The summed E-state index contributed by atoms with van der Waals surface area (Å²) in [4.78, 5) is 23.0. The van der Waals surface area contributed by atoms with Gasteiger partial charge < -0.3 is 9.72 Å². The standard InChI is InChI=1S/C21H19N3O2S/c1-13-2-6-17(27-13)12-26-16-8-9-24(20(25)11-16)15-5-7-18-19(10-15)23-21(22-18)14-3-4-14/h2,5-11,14H,3-4,12H2,1H3,(H,22,23). The number of nitrogens with one attached hydrogen (secondary N) is 1. The number of ether oxygens (including phenoxy) is 1. The number of aryl methyl sites for hydroxylation is 1. The van der Waals surface area contributed by atoms with Crippen molar-refractivity contribution in [2.75, 3.05) is 0 Å². The van der Waals surface area contributed by atoms with Crippen LogP contribution in [0.3, 0.4) is 0 Å². The summed E-state index contributed by atoms with van der Waals surface area (Å²) in [7, 11) is 0. The average molecular weight is 377 g/mol. The number of hydrogen-bond donors (Lipinski definition) is 1. The zero-order valence-corrected chi connectivity index (χ0v) is 15.8. The van der Waals surface area contributed by atoms with E-state index in [-0.39, 0.29) is 5.56 Å². The van der Waals surface area contributed by atoms with E-state index in [0.717, 1.165) is 27.4 Å². The number of aromatic amines is 1. The van der Waals surface area contributed by atoms with Gasteiger partial charge >= 0.3 is 0 Å². The molecule has 1 saturated carbocycles. The number of nitrogens with zero attached hydrogens (tertiary/aromatic N) is 2. The molecule has 1 N–H and O–H groups in total. The summed E-state index contributed by atoms with van der Waals surface area (Å²) in [5, 5.41) is 0. The molecule has 6 heteroatoms. The van der Waals surface area contributed by atoms with Crippen LogP contribution < -0.4 is 10.3 Å². The van der Waals surface area contributed by atoms with Crippen molar-refractivity contribution in [2.24, 2.45) is 0 Å². The summed E-state index contributed by atoms with van der Waals surface area (Å²) in [6.07, 6.45) is 4.17. The van der Waals surface area contributed by atoms with E-state index in [4.69, 9.17) is 4.74 Å². The number of hydrogen-bond acceptors (Lipinski definition) is 4. The summed E-state index contributed by atoms with van der Waals surface area (Å²) in [5.74, 6) is 2.22. The van der Waals surface area contributed by atoms with Crippen LogP contribution in [0.4, 0.5) is 0 Å². The van der Waals surface area contributed by atoms with Crippen molar-refractivity contribution in [2.45, 2.75) is 32.3 Å². The van der Waals surface area contributed by atoms with Crippen LogP contribution in [-0.4, -0.2) is 14.5 Å². The van der Waals surface area contributed by atoms with Gasteiger partial charge in [0.25, 0.3) is 5.56 Å². The van der Waals surface area contributed by atoms with E-state index >= 15 is 0 Å². The van der Waals surface area contributed by atoms with E-state index in [2.05, 4.69) is 29.0 Å². The highest BCUT2D eigenvalue weighted by atomic mass is 32.1. The minimum Gasteiger partial charge on any atom is -0.488 e. The van der Waals surface area contributed by atoms with E-state index in [1.807, 2.05) is 24.3 Å². The fourth-order valence-electron chi connectivity index (χ4n) is 3.20. The maximum Gasteiger partial charge on any atom is 0.258 e. The first-order valence-corrected chi connectivity index (χ1v) is 9.88. The molecule has 1 aliphatic carbocycles. The third-order valence-corrected chi connectivity index (χ3v) is 5.77. The van der Waals surface area contributed by atoms with Crippen molar-refractivity contribution in [3.8, 4) is 11.4 Å². The van der Waals surface area contributed by atoms with Gasteiger partial charge in [-0.3, -0.25) is 9.36 Å². The second kappa shape index (κ2) is 6.39. The van der Waals surface area contributed by atoms with Crippen molar-refractivity contribution in [3.63, 3.8) is 0 Å². The van der Waals surface area contributed by atoms with Crippen LogP contribution in [0.5, 0.6) is 5.75 Å². The zero-order valence-electron chi connectivity index (χ0n) is 14.9. The van der Waals surface area contributed by atoms with Crippen LogP contribution in [0.2, 0.25) is 0 Å². The summed E-state index contributed by atoms with van der Waals surface area (Å²) < 4.78 is 7.39. The number of rotatable bonds is 5. The van der Waals surface area contributed by atoms with Crippen molar-refractivity contribution in [1.29, 1.82) is 0 Å². The number of benzene rings is 1. The molecule has 136 valence electrons. The van der Waals surface area contributed by atoms with Crippen LogP contribution in [0, 0.1) is 6.92 Å². The van der Waals surface area contributed by atoms with Gasteiger partial charge in [0.2, 0.25) is 0 Å². The molecule has 0 amide bonds. The summed E-state index contributed by atoms with van der Waals surface area (Å²) in [6, 6.07) is 13.4. The van der Waals surface area contributed by atoms with Crippen LogP contribution in [-0.2, 0) is 6.61 Å². The molecule has 0 spiro atoms. The molecule has 1 aliphatic rings. The van der Waals surface area contributed by atoms with Crippen LogP contribution >= 0.6 is 11.3 Å². The molecule has 0 radical (unpaired) electrons. The average Bonchev–Trinajstić information content (AvgIpc) is 3.29. The molecule has 0 saturated heterocycles. The largest absolute Gasteiger partial charge is 0.488 e. The number of aromatic nitrogens is 3. The lowest BCUT2D eigenvalue weighted by molar-refractivity contribution is 0.309. The van der Waals surface area contributed by atoms with E-state index < -0.39 is 0 Å².